The molecule has 7 nitrogen and oxygen atoms in total. The van der Waals surface area contributed by atoms with Crippen molar-refractivity contribution in [1.82, 2.24) is 15.5 Å². The van der Waals surface area contributed by atoms with Gasteiger partial charge in [-0.25, -0.2) is 10.8 Å². The van der Waals surface area contributed by atoms with E-state index >= 15 is 0 Å². The Morgan fingerprint density at radius 3 is 2.95 bits per heavy atom. The fraction of sp³-hybridized carbons (Fsp3) is 0.182. The third kappa shape index (κ3) is 3.30. The highest BCUT2D eigenvalue weighted by Crippen LogP contribution is 2.17. The van der Waals surface area contributed by atoms with E-state index < -0.39 is 0 Å². The number of anilines is 1. The second kappa shape index (κ2) is 5.81. The molecule has 0 atom stereocenters. The van der Waals surface area contributed by atoms with Gasteiger partial charge < -0.3 is 15.3 Å². The first-order valence-electron chi connectivity index (χ1n) is 5.42. The van der Waals surface area contributed by atoms with E-state index in [1.807, 2.05) is 0 Å². The van der Waals surface area contributed by atoms with Gasteiger partial charge in [0.05, 0.1) is 12.1 Å². The second-order valence-electron chi connectivity index (χ2n) is 3.81. The average Bonchev–Trinajstić information content (AvgIpc) is 2.81. The van der Waals surface area contributed by atoms with Gasteiger partial charge in [-0.3, -0.25) is 4.79 Å². The van der Waals surface area contributed by atoms with Crippen LogP contribution in [0.2, 0.25) is 0 Å². The number of nitrogen functional groups attached to an aromatic ring is 1. The Morgan fingerprint density at radius 2 is 2.32 bits per heavy atom. The van der Waals surface area contributed by atoms with Gasteiger partial charge >= 0.3 is 0 Å². The minimum Gasteiger partial charge on any atom is -0.361 e. The van der Waals surface area contributed by atoms with E-state index in [-0.39, 0.29) is 12.5 Å². The van der Waals surface area contributed by atoms with E-state index in [1.165, 1.54) is 0 Å². The molecule has 2 aromatic heterocycles. The zero-order chi connectivity index (χ0) is 13.8. The van der Waals surface area contributed by atoms with Crippen molar-refractivity contribution in [2.24, 2.45) is 5.84 Å². The molecule has 0 aliphatic carbocycles. The molecule has 2 aromatic rings. The molecule has 0 unspecified atom stereocenters. The topological polar surface area (TPSA) is 106 Å². The van der Waals surface area contributed by atoms with Crippen molar-refractivity contribution in [2.45, 2.75) is 13.5 Å². The summed E-state index contributed by atoms with van der Waals surface area (Å²) in [6.45, 7) is 2.06. The normalized spacial score (nSPS) is 10.3. The number of rotatable bonds is 4. The molecule has 0 saturated heterocycles. The summed E-state index contributed by atoms with van der Waals surface area (Å²) >= 11 is 3.25. The van der Waals surface area contributed by atoms with Crippen LogP contribution in [-0.2, 0) is 6.54 Å². The molecule has 0 saturated carbocycles. The van der Waals surface area contributed by atoms with Gasteiger partial charge in [0, 0.05) is 16.7 Å². The van der Waals surface area contributed by atoms with Crippen molar-refractivity contribution in [3.8, 4) is 0 Å². The number of halogens is 1. The van der Waals surface area contributed by atoms with Crippen LogP contribution in [0.15, 0.2) is 27.3 Å². The van der Waals surface area contributed by atoms with Crippen LogP contribution in [-0.4, -0.2) is 16.0 Å². The number of hydrogen-bond acceptors (Lipinski definition) is 6. The lowest BCUT2D eigenvalue weighted by Crippen LogP contribution is -2.25. The maximum atomic E-state index is 12.0. The Morgan fingerprint density at radius 1 is 1.53 bits per heavy atom. The molecule has 1 amide bonds. The van der Waals surface area contributed by atoms with Crippen LogP contribution in [0.1, 0.15) is 21.8 Å². The van der Waals surface area contributed by atoms with Crippen LogP contribution in [0.5, 0.6) is 0 Å². The predicted molar refractivity (Wildman–Crippen MR) is 72.2 cm³/mol. The van der Waals surface area contributed by atoms with Crippen LogP contribution in [0.25, 0.3) is 0 Å². The molecule has 0 aliphatic heterocycles. The molecule has 0 aromatic carbocycles. The van der Waals surface area contributed by atoms with Gasteiger partial charge in [0.25, 0.3) is 5.91 Å². The Balaban J connectivity index is 2.09. The van der Waals surface area contributed by atoms with Crippen LogP contribution in [0.3, 0.4) is 0 Å². The number of hydrazine groups is 1. The first kappa shape index (κ1) is 13.5. The van der Waals surface area contributed by atoms with Gasteiger partial charge in [-0.05, 0) is 28.9 Å². The van der Waals surface area contributed by atoms with E-state index in [4.69, 9.17) is 10.4 Å². The Bertz CT molecular complexity index is 599. The number of aryl methyl sites for hydroxylation is 1. The molecular formula is C11H12BrN5O2. The number of hydrogen-bond donors (Lipinski definition) is 3. The quantitative estimate of drug-likeness (QED) is 0.578. The molecule has 100 valence electrons. The summed E-state index contributed by atoms with van der Waals surface area (Å²) in [5, 5.41) is 6.50. The van der Waals surface area contributed by atoms with Crippen LogP contribution in [0, 0.1) is 6.92 Å². The third-order valence-corrected chi connectivity index (χ3v) is 2.78. The van der Waals surface area contributed by atoms with Crippen LogP contribution < -0.4 is 16.6 Å². The van der Waals surface area contributed by atoms with Crippen molar-refractivity contribution in [3.05, 3.63) is 39.8 Å². The standard InChI is InChI=1S/C11H12BrN5O2/c1-6-2-8(17-19-6)5-15-11(18)9-3-7(12)4-14-10(9)16-13/h2-4H,5,13H2,1H3,(H,14,16)(H,15,18). The minimum atomic E-state index is -0.303. The van der Waals surface area contributed by atoms with Crippen molar-refractivity contribution in [1.29, 1.82) is 0 Å². The summed E-state index contributed by atoms with van der Waals surface area (Å²) in [7, 11) is 0. The molecule has 0 fully saturated rings. The third-order valence-electron chi connectivity index (χ3n) is 2.34. The average molecular weight is 326 g/mol. The highest BCUT2D eigenvalue weighted by Gasteiger charge is 2.13. The molecule has 0 aliphatic rings. The number of nitrogens with two attached hydrogens (primary N) is 1. The Hall–Kier alpha value is -1.93. The fourth-order valence-electron chi connectivity index (χ4n) is 1.49. The lowest BCUT2D eigenvalue weighted by molar-refractivity contribution is 0.0950. The zero-order valence-corrected chi connectivity index (χ0v) is 11.7. The molecule has 8 heteroatoms. The van der Waals surface area contributed by atoms with Gasteiger partial charge in [0.2, 0.25) is 0 Å². The highest BCUT2D eigenvalue weighted by atomic mass is 79.9. The van der Waals surface area contributed by atoms with E-state index in [0.717, 1.165) is 0 Å². The van der Waals surface area contributed by atoms with Crippen molar-refractivity contribution >= 4 is 27.7 Å². The van der Waals surface area contributed by atoms with Gasteiger partial charge in [-0.15, -0.1) is 0 Å². The maximum Gasteiger partial charge on any atom is 0.255 e. The summed E-state index contributed by atoms with van der Waals surface area (Å²) < 4.78 is 5.60. The Labute approximate surface area is 117 Å². The van der Waals surface area contributed by atoms with Crippen LogP contribution >= 0.6 is 15.9 Å². The van der Waals surface area contributed by atoms with Gasteiger partial charge in [0.1, 0.15) is 11.5 Å². The zero-order valence-electron chi connectivity index (χ0n) is 10.1. The molecule has 0 radical (unpaired) electrons. The number of carbonyl (C=O) groups excluding carboxylic acids is 1. The van der Waals surface area contributed by atoms with E-state index in [1.54, 1.807) is 25.3 Å². The lowest BCUT2D eigenvalue weighted by Gasteiger charge is -2.08. The van der Waals surface area contributed by atoms with Crippen LogP contribution in [0.4, 0.5) is 5.82 Å². The monoisotopic (exact) mass is 325 g/mol. The lowest BCUT2D eigenvalue weighted by atomic mass is 10.2. The molecule has 0 spiro atoms. The minimum absolute atomic E-state index is 0.271. The molecule has 0 bridgehead atoms. The number of nitrogens with zero attached hydrogens (tertiary/aromatic N) is 2. The smallest absolute Gasteiger partial charge is 0.255 e. The first-order chi connectivity index (χ1) is 9.10. The second-order valence-corrected chi connectivity index (χ2v) is 4.72. The molecule has 19 heavy (non-hydrogen) atoms. The van der Waals surface area contributed by atoms with Gasteiger partial charge in [0.15, 0.2) is 5.82 Å². The van der Waals surface area contributed by atoms with Gasteiger partial charge in [-0.2, -0.15) is 0 Å². The maximum absolute atomic E-state index is 12.0. The van der Waals surface area contributed by atoms with Crippen molar-refractivity contribution < 1.29 is 9.32 Å². The molecule has 2 rings (SSSR count). The fourth-order valence-corrected chi connectivity index (χ4v) is 1.83. The SMILES string of the molecule is Cc1cc(CNC(=O)c2cc(Br)cnc2NN)no1. The first-order valence-corrected chi connectivity index (χ1v) is 6.22. The van der Waals surface area contributed by atoms with E-state index in [2.05, 4.69) is 36.8 Å². The Kier molecular flexibility index (Phi) is 4.13. The largest absolute Gasteiger partial charge is 0.361 e. The van der Waals surface area contributed by atoms with E-state index in [9.17, 15) is 4.79 Å². The van der Waals surface area contributed by atoms with Gasteiger partial charge in [-0.1, -0.05) is 5.16 Å². The summed E-state index contributed by atoms with van der Waals surface area (Å²) in [4.78, 5) is 16.0. The summed E-state index contributed by atoms with van der Waals surface area (Å²) in [5.74, 6) is 6.01. The number of pyridine rings is 1. The summed E-state index contributed by atoms with van der Waals surface area (Å²) in [6, 6.07) is 3.38. The summed E-state index contributed by atoms with van der Waals surface area (Å²) in [6.07, 6.45) is 1.55. The predicted octanol–water partition coefficient (Wildman–Crippen LogP) is 1.36. The molecule has 4 N–H and O–H groups in total. The number of nitrogens with one attached hydrogen (secondary N) is 2. The number of carbonyl (C=O) groups is 1. The number of aromatic nitrogens is 2. The number of amides is 1. The van der Waals surface area contributed by atoms with Crippen molar-refractivity contribution in [3.63, 3.8) is 0 Å². The summed E-state index contributed by atoms with van der Waals surface area (Å²) in [5.41, 5.74) is 3.37. The van der Waals surface area contributed by atoms with E-state index in [0.29, 0.717) is 27.3 Å². The van der Waals surface area contributed by atoms with Crippen molar-refractivity contribution in [2.75, 3.05) is 5.43 Å². The highest BCUT2D eigenvalue weighted by molar-refractivity contribution is 9.10. The molecule has 2 heterocycles. The molecular weight excluding hydrogens is 314 g/mol.